The van der Waals surface area contributed by atoms with E-state index < -0.39 is 17.4 Å². The lowest BCUT2D eigenvalue weighted by atomic mass is 10.1. The van der Waals surface area contributed by atoms with Gasteiger partial charge in [-0.1, -0.05) is 11.3 Å². The Morgan fingerprint density at radius 2 is 1.89 bits per heavy atom. The van der Waals surface area contributed by atoms with E-state index in [4.69, 9.17) is 10.5 Å². The standard InChI is InChI=1S/C18H15N5O4S/c19-15-14-10(16(25)21-17(14)26)8-13(24)23(15)9-1-2-11-12(7-9)28-18(20-11)22-3-5-27-6-4-22/h1-2,7-8H,3-6,19H2,(H,21,25,26). The molecule has 10 heteroatoms. The number of pyridine rings is 1. The highest BCUT2D eigenvalue weighted by atomic mass is 32.1. The summed E-state index contributed by atoms with van der Waals surface area (Å²) in [6.07, 6.45) is 0. The Balaban J connectivity index is 1.62. The fourth-order valence-electron chi connectivity index (χ4n) is 3.48. The van der Waals surface area contributed by atoms with Crippen molar-refractivity contribution < 1.29 is 14.3 Å². The van der Waals surface area contributed by atoms with E-state index in [2.05, 4.69) is 15.2 Å². The summed E-state index contributed by atoms with van der Waals surface area (Å²) in [5.41, 5.74) is 7.00. The maximum atomic E-state index is 12.6. The second-order valence-corrected chi connectivity index (χ2v) is 7.53. The zero-order valence-corrected chi connectivity index (χ0v) is 15.4. The molecule has 2 aliphatic rings. The fraction of sp³-hybridized carbons (Fsp3) is 0.222. The number of carbonyl (C=O) groups excluding carboxylic acids is 2. The molecular weight excluding hydrogens is 382 g/mol. The van der Waals surface area contributed by atoms with Gasteiger partial charge in [-0.3, -0.25) is 24.3 Å². The molecule has 0 spiro atoms. The third-order valence-electron chi connectivity index (χ3n) is 4.85. The van der Waals surface area contributed by atoms with E-state index in [1.54, 1.807) is 6.07 Å². The molecule has 3 aromatic rings. The Hall–Kier alpha value is -3.24. The lowest BCUT2D eigenvalue weighted by Crippen LogP contribution is -2.36. The van der Waals surface area contributed by atoms with Gasteiger partial charge >= 0.3 is 0 Å². The number of benzene rings is 1. The van der Waals surface area contributed by atoms with E-state index in [1.807, 2.05) is 12.1 Å². The maximum Gasteiger partial charge on any atom is 0.262 e. The molecule has 2 aromatic heterocycles. The number of amides is 2. The number of nitrogens with one attached hydrogen (secondary N) is 1. The van der Waals surface area contributed by atoms with Crippen LogP contribution in [0, 0.1) is 0 Å². The quantitative estimate of drug-likeness (QED) is 0.612. The molecule has 2 amide bonds. The predicted octanol–water partition coefficient (Wildman–Crippen LogP) is 0.750. The number of fused-ring (bicyclic) bond motifs is 2. The van der Waals surface area contributed by atoms with Crippen molar-refractivity contribution in [3.8, 4) is 5.69 Å². The summed E-state index contributed by atoms with van der Waals surface area (Å²) in [6, 6.07) is 6.50. The van der Waals surface area contributed by atoms with Crippen molar-refractivity contribution in [3.05, 3.63) is 45.7 Å². The van der Waals surface area contributed by atoms with Crippen molar-refractivity contribution in [3.63, 3.8) is 0 Å². The molecule has 28 heavy (non-hydrogen) atoms. The van der Waals surface area contributed by atoms with E-state index in [9.17, 15) is 14.4 Å². The van der Waals surface area contributed by atoms with Gasteiger partial charge in [-0.2, -0.15) is 0 Å². The van der Waals surface area contributed by atoms with Gasteiger partial charge < -0.3 is 15.4 Å². The first-order valence-electron chi connectivity index (χ1n) is 8.68. The number of thiazole rings is 1. The molecule has 0 aliphatic carbocycles. The minimum Gasteiger partial charge on any atom is -0.384 e. The normalized spacial score (nSPS) is 16.5. The lowest BCUT2D eigenvalue weighted by Gasteiger charge is -2.25. The zero-order valence-electron chi connectivity index (χ0n) is 14.6. The van der Waals surface area contributed by atoms with Gasteiger partial charge in [-0.05, 0) is 18.2 Å². The van der Waals surface area contributed by atoms with Crippen LogP contribution in [0.25, 0.3) is 15.9 Å². The fourth-order valence-corrected chi connectivity index (χ4v) is 4.53. The molecule has 4 heterocycles. The smallest absolute Gasteiger partial charge is 0.262 e. The topological polar surface area (TPSA) is 120 Å². The molecular formula is C18H15N5O4S. The minimum atomic E-state index is -0.607. The minimum absolute atomic E-state index is 0.0113. The number of ether oxygens (including phenoxy) is 1. The molecule has 1 aromatic carbocycles. The Morgan fingerprint density at radius 1 is 1.11 bits per heavy atom. The van der Waals surface area contributed by atoms with Crippen LogP contribution in [0.1, 0.15) is 20.7 Å². The summed E-state index contributed by atoms with van der Waals surface area (Å²) in [7, 11) is 0. The van der Waals surface area contributed by atoms with Gasteiger partial charge in [0.25, 0.3) is 17.4 Å². The van der Waals surface area contributed by atoms with Crippen LogP contribution in [0.3, 0.4) is 0 Å². The van der Waals surface area contributed by atoms with E-state index in [-0.39, 0.29) is 16.9 Å². The third-order valence-corrected chi connectivity index (χ3v) is 5.93. The molecule has 0 saturated carbocycles. The Labute approximate surface area is 162 Å². The van der Waals surface area contributed by atoms with E-state index in [1.165, 1.54) is 15.9 Å². The summed E-state index contributed by atoms with van der Waals surface area (Å²) in [5.74, 6) is -1.26. The van der Waals surface area contributed by atoms with Crippen LogP contribution < -0.4 is 21.5 Å². The van der Waals surface area contributed by atoms with Crippen LogP contribution in [0.5, 0.6) is 0 Å². The van der Waals surface area contributed by atoms with Crippen molar-refractivity contribution in [2.75, 3.05) is 36.9 Å². The molecule has 0 bridgehead atoms. The maximum absolute atomic E-state index is 12.6. The van der Waals surface area contributed by atoms with Gasteiger partial charge in [-0.15, -0.1) is 0 Å². The van der Waals surface area contributed by atoms with Crippen LogP contribution in [0.15, 0.2) is 29.1 Å². The van der Waals surface area contributed by atoms with Crippen LogP contribution in [-0.4, -0.2) is 47.7 Å². The number of anilines is 2. The first-order valence-corrected chi connectivity index (χ1v) is 9.49. The van der Waals surface area contributed by atoms with Gasteiger partial charge in [0.15, 0.2) is 5.13 Å². The van der Waals surface area contributed by atoms with Crippen LogP contribution >= 0.6 is 11.3 Å². The zero-order chi connectivity index (χ0) is 19.4. The van der Waals surface area contributed by atoms with Crippen molar-refractivity contribution in [1.82, 2.24) is 14.9 Å². The molecule has 0 atom stereocenters. The summed E-state index contributed by atoms with van der Waals surface area (Å²) in [4.78, 5) is 43.3. The summed E-state index contributed by atoms with van der Waals surface area (Å²) in [5, 5.41) is 3.06. The van der Waals surface area contributed by atoms with Gasteiger partial charge in [-0.25, -0.2) is 4.98 Å². The average Bonchev–Trinajstić information content (AvgIpc) is 3.23. The van der Waals surface area contributed by atoms with Gasteiger partial charge in [0.2, 0.25) is 0 Å². The molecule has 9 nitrogen and oxygen atoms in total. The van der Waals surface area contributed by atoms with Gasteiger partial charge in [0.05, 0.1) is 40.2 Å². The van der Waals surface area contributed by atoms with E-state index >= 15 is 0 Å². The monoisotopic (exact) mass is 397 g/mol. The van der Waals surface area contributed by atoms with E-state index in [0.29, 0.717) is 18.9 Å². The molecule has 1 saturated heterocycles. The van der Waals surface area contributed by atoms with Crippen molar-refractivity contribution in [1.29, 1.82) is 0 Å². The van der Waals surface area contributed by atoms with Crippen LogP contribution in [0.2, 0.25) is 0 Å². The molecule has 0 radical (unpaired) electrons. The molecule has 1 fully saturated rings. The summed E-state index contributed by atoms with van der Waals surface area (Å²) < 4.78 is 7.51. The van der Waals surface area contributed by atoms with Gasteiger partial charge in [0.1, 0.15) is 5.82 Å². The number of morpholine rings is 1. The second-order valence-electron chi connectivity index (χ2n) is 6.52. The second kappa shape index (κ2) is 6.14. The highest BCUT2D eigenvalue weighted by Crippen LogP contribution is 2.31. The lowest BCUT2D eigenvalue weighted by molar-refractivity contribution is 0.0880. The molecule has 142 valence electrons. The molecule has 3 N–H and O–H groups in total. The SMILES string of the molecule is Nc1c2c(cc(=O)n1-c1ccc3nc(N4CCOCC4)sc3c1)C(=O)NC2=O. The molecule has 5 rings (SSSR count). The highest BCUT2D eigenvalue weighted by Gasteiger charge is 2.31. The Morgan fingerprint density at radius 3 is 2.68 bits per heavy atom. The van der Waals surface area contributed by atoms with Gasteiger partial charge in [0, 0.05) is 19.2 Å². The number of nitrogens with zero attached hydrogens (tertiary/aromatic N) is 3. The number of rotatable bonds is 2. The average molecular weight is 397 g/mol. The third kappa shape index (κ3) is 2.49. The number of nitrogen functional groups attached to an aromatic ring is 1. The van der Waals surface area contributed by atoms with Crippen LogP contribution in [0.4, 0.5) is 10.9 Å². The van der Waals surface area contributed by atoms with Crippen LogP contribution in [-0.2, 0) is 4.74 Å². The molecule has 2 aliphatic heterocycles. The number of carbonyl (C=O) groups is 2. The summed E-state index contributed by atoms with van der Waals surface area (Å²) >= 11 is 1.52. The number of aromatic nitrogens is 2. The predicted molar refractivity (Wildman–Crippen MR) is 104 cm³/mol. The largest absolute Gasteiger partial charge is 0.384 e. The van der Waals surface area contributed by atoms with E-state index in [0.717, 1.165) is 34.5 Å². The van der Waals surface area contributed by atoms with Crippen molar-refractivity contribution in [2.45, 2.75) is 0 Å². The highest BCUT2D eigenvalue weighted by molar-refractivity contribution is 7.22. The first-order chi connectivity index (χ1) is 13.5. The Bertz CT molecular complexity index is 1210. The van der Waals surface area contributed by atoms with Crippen molar-refractivity contribution >= 4 is 44.3 Å². The molecule has 0 unspecified atom stereocenters. The number of hydrogen-bond acceptors (Lipinski definition) is 8. The Kier molecular flexibility index (Phi) is 3.71. The number of nitrogens with two attached hydrogens (primary N) is 1. The number of hydrogen-bond donors (Lipinski definition) is 2. The number of imide groups is 1. The van der Waals surface area contributed by atoms with Crippen molar-refractivity contribution in [2.24, 2.45) is 0 Å². The first kappa shape index (κ1) is 16.9. The summed E-state index contributed by atoms with van der Waals surface area (Å²) in [6.45, 7) is 2.91.